The van der Waals surface area contributed by atoms with Crippen molar-refractivity contribution in [3.8, 4) is 40.4 Å². The van der Waals surface area contributed by atoms with Gasteiger partial charge in [0, 0.05) is 74.0 Å². The van der Waals surface area contributed by atoms with Crippen molar-refractivity contribution in [3.63, 3.8) is 0 Å². The monoisotopic (exact) mass is 962 g/mol. The van der Waals surface area contributed by atoms with Crippen LogP contribution in [0.2, 0.25) is 0 Å². The SMILES string of the molecule is CCCCCCc1ccc(-c2ccc(-c3cc4c(cc3F)c3c(c5cc(F)c(-c6ccc(-c7ccc(CCCCCC)s7)s6)cc5n3CC(CC)CCCC)n4CC(CC)CCCC)s2)s1. The third kappa shape index (κ3) is 10.8. The summed E-state index contributed by atoms with van der Waals surface area (Å²) in [6.45, 7) is 15.3. The molecule has 66 heavy (non-hydrogen) atoms. The number of benzene rings is 2. The van der Waals surface area contributed by atoms with Gasteiger partial charge >= 0.3 is 0 Å². The Morgan fingerprint density at radius 1 is 0.424 bits per heavy atom. The summed E-state index contributed by atoms with van der Waals surface area (Å²) in [6, 6.07) is 25.5. The third-order valence-corrected chi connectivity index (χ3v) is 19.0. The fraction of sp³-hybridized carbons (Fsp3) is 0.483. The molecule has 6 heterocycles. The summed E-state index contributed by atoms with van der Waals surface area (Å²) < 4.78 is 39.1. The molecule has 0 N–H and O–H groups in total. The molecule has 0 aliphatic carbocycles. The molecule has 0 saturated heterocycles. The molecule has 2 unspecified atom stereocenters. The van der Waals surface area contributed by atoms with Crippen molar-refractivity contribution >= 4 is 78.2 Å². The third-order valence-electron chi connectivity index (χ3n) is 14.1. The maximum Gasteiger partial charge on any atom is 0.132 e. The van der Waals surface area contributed by atoms with Gasteiger partial charge in [-0.2, -0.15) is 0 Å². The Hall–Kier alpha value is -3.56. The Bertz CT molecular complexity index is 2610. The minimum absolute atomic E-state index is 0.193. The van der Waals surface area contributed by atoms with Crippen LogP contribution in [0.5, 0.6) is 0 Å². The van der Waals surface area contributed by atoms with Crippen molar-refractivity contribution in [2.24, 2.45) is 11.8 Å². The molecular weight excluding hydrogens is 891 g/mol. The summed E-state index contributed by atoms with van der Waals surface area (Å²) in [5, 5.41) is 1.87. The smallest absolute Gasteiger partial charge is 0.132 e. The first-order valence-corrected chi connectivity index (χ1v) is 28.9. The predicted molar refractivity (Wildman–Crippen MR) is 290 cm³/mol. The van der Waals surface area contributed by atoms with Crippen LogP contribution in [-0.4, -0.2) is 9.13 Å². The summed E-state index contributed by atoms with van der Waals surface area (Å²) in [6.07, 6.45) is 21.4. The maximum absolute atomic E-state index is 17.1. The first-order chi connectivity index (χ1) is 32.3. The summed E-state index contributed by atoms with van der Waals surface area (Å²) in [5.41, 5.74) is 5.51. The summed E-state index contributed by atoms with van der Waals surface area (Å²) >= 11 is 7.14. The molecule has 0 saturated carbocycles. The van der Waals surface area contributed by atoms with Gasteiger partial charge in [-0.3, -0.25) is 0 Å². The van der Waals surface area contributed by atoms with E-state index in [2.05, 4.69) is 111 Å². The van der Waals surface area contributed by atoms with Crippen molar-refractivity contribution in [1.29, 1.82) is 0 Å². The van der Waals surface area contributed by atoms with Crippen LogP contribution in [0.3, 0.4) is 0 Å². The molecule has 8 heteroatoms. The van der Waals surface area contributed by atoms with Gasteiger partial charge in [-0.05, 0) is 123 Å². The van der Waals surface area contributed by atoms with E-state index < -0.39 is 0 Å². The topological polar surface area (TPSA) is 9.86 Å². The Labute approximate surface area is 410 Å². The molecule has 8 aromatic rings. The van der Waals surface area contributed by atoms with E-state index in [0.29, 0.717) is 23.0 Å². The van der Waals surface area contributed by atoms with Gasteiger partial charge in [0.15, 0.2) is 0 Å². The first-order valence-electron chi connectivity index (χ1n) is 25.6. The van der Waals surface area contributed by atoms with Crippen LogP contribution in [-0.2, 0) is 25.9 Å². The first kappa shape index (κ1) is 48.9. The van der Waals surface area contributed by atoms with Crippen LogP contribution in [0.4, 0.5) is 8.78 Å². The molecule has 0 aliphatic rings. The second-order valence-corrected chi connectivity index (χ2v) is 23.4. The van der Waals surface area contributed by atoms with E-state index in [1.807, 2.05) is 34.8 Å². The van der Waals surface area contributed by atoms with Crippen LogP contribution in [0.1, 0.15) is 154 Å². The zero-order valence-electron chi connectivity index (χ0n) is 40.5. The van der Waals surface area contributed by atoms with E-state index in [9.17, 15) is 0 Å². The van der Waals surface area contributed by atoms with Gasteiger partial charge in [0.25, 0.3) is 0 Å². The molecule has 0 bridgehead atoms. The molecule has 0 aliphatic heterocycles. The average molecular weight is 963 g/mol. The lowest BCUT2D eigenvalue weighted by molar-refractivity contribution is 0.399. The van der Waals surface area contributed by atoms with Crippen molar-refractivity contribution in [2.75, 3.05) is 0 Å². The van der Waals surface area contributed by atoms with Gasteiger partial charge in [0.05, 0.1) is 22.1 Å². The van der Waals surface area contributed by atoms with Crippen molar-refractivity contribution in [1.82, 2.24) is 9.13 Å². The van der Waals surface area contributed by atoms with Gasteiger partial charge in [-0.25, -0.2) is 8.78 Å². The largest absolute Gasteiger partial charge is 0.338 e. The number of hydrogen-bond acceptors (Lipinski definition) is 4. The van der Waals surface area contributed by atoms with E-state index in [1.165, 1.54) is 93.5 Å². The molecule has 0 spiro atoms. The second kappa shape index (κ2) is 23.2. The van der Waals surface area contributed by atoms with Gasteiger partial charge in [0.1, 0.15) is 11.6 Å². The van der Waals surface area contributed by atoms with Crippen LogP contribution in [0.25, 0.3) is 73.2 Å². The summed E-state index contributed by atoms with van der Waals surface area (Å²) in [5.74, 6) is 0.520. The minimum atomic E-state index is -0.193. The highest BCUT2D eigenvalue weighted by molar-refractivity contribution is 7.24. The molecule has 0 fully saturated rings. The number of halogens is 2. The molecule has 2 aromatic carbocycles. The summed E-state index contributed by atoms with van der Waals surface area (Å²) in [7, 11) is 0. The van der Waals surface area contributed by atoms with E-state index in [1.54, 1.807) is 22.7 Å². The van der Waals surface area contributed by atoms with E-state index in [4.69, 9.17) is 0 Å². The normalized spacial score (nSPS) is 13.0. The Morgan fingerprint density at radius 3 is 1.20 bits per heavy atom. The number of thiophene rings is 4. The second-order valence-electron chi connectivity index (χ2n) is 18.9. The standard InChI is InChI=1S/C58H72F2N2S4/c1-7-13-17-19-23-41-25-27-53(63-41)55-31-29-51(65-55)43-35-49-45(33-47(43)59)57-58(61(49)37-39(11-5)21-15-9-3)46-34-48(60)44(36-50(46)62(57)38-40(12-6)22-16-10-4)52-30-32-56(66-52)54-28-26-42(64-54)24-20-18-14-8-2/h25-36,39-40H,7-24,37-38H2,1-6H3. The van der Waals surface area contributed by atoms with Crippen molar-refractivity contribution in [3.05, 3.63) is 94.2 Å². The van der Waals surface area contributed by atoms with Gasteiger partial charge in [0.2, 0.25) is 0 Å². The zero-order valence-corrected chi connectivity index (χ0v) is 43.8. The molecular formula is C58H72F2N2S4. The molecule has 352 valence electrons. The quantitative estimate of drug-likeness (QED) is 0.0479. The molecule has 0 radical (unpaired) electrons. The Balaban J connectivity index is 1.25. The number of aryl methyl sites for hydroxylation is 2. The van der Waals surface area contributed by atoms with Gasteiger partial charge in [-0.15, -0.1) is 45.3 Å². The molecule has 2 atom stereocenters. The highest BCUT2D eigenvalue weighted by Gasteiger charge is 2.27. The average Bonchev–Trinajstić information content (AvgIpc) is 4.20. The number of nitrogens with zero attached hydrogens (tertiary/aromatic N) is 2. The Kier molecular flexibility index (Phi) is 17.2. The lowest BCUT2D eigenvalue weighted by Gasteiger charge is -2.18. The molecule has 2 nitrogen and oxygen atoms in total. The van der Waals surface area contributed by atoms with Gasteiger partial charge < -0.3 is 9.13 Å². The lowest BCUT2D eigenvalue weighted by Crippen LogP contribution is -2.10. The van der Waals surface area contributed by atoms with E-state index in [-0.39, 0.29) is 11.6 Å². The van der Waals surface area contributed by atoms with Crippen LogP contribution >= 0.6 is 45.3 Å². The maximum atomic E-state index is 17.1. The van der Waals surface area contributed by atoms with E-state index in [0.717, 1.165) is 107 Å². The number of aromatic nitrogens is 2. The number of hydrogen-bond donors (Lipinski definition) is 0. The highest BCUT2D eigenvalue weighted by Crippen LogP contribution is 2.46. The zero-order chi connectivity index (χ0) is 46.2. The predicted octanol–water partition coefficient (Wildman–Crippen LogP) is 20.6. The van der Waals surface area contributed by atoms with E-state index >= 15 is 8.78 Å². The highest BCUT2D eigenvalue weighted by atomic mass is 32.1. The lowest BCUT2D eigenvalue weighted by atomic mass is 9.99. The molecule has 0 amide bonds. The van der Waals surface area contributed by atoms with Crippen molar-refractivity contribution in [2.45, 2.75) is 170 Å². The fourth-order valence-electron chi connectivity index (χ4n) is 10.1. The number of rotatable bonds is 26. The Morgan fingerprint density at radius 2 is 0.803 bits per heavy atom. The molecule has 8 rings (SSSR count). The number of fused-ring (bicyclic) bond motifs is 5. The fourth-order valence-corrected chi connectivity index (χ4v) is 14.4. The number of unbranched alkanes of at least 4 members (excludes halogenated alkanes) is 8. The van der Waals surface area contributed by atoms with Crippen LogP contribution in [0, 0.1) is 23.5 Å². The molecule has 6 aromatic heterocycles. The van der Waals surface area contributed by atoms with Gasteiger partial charge in [-0.1, -0.05) is 119 Å². The minimum Gasteiger partial charge on any atom is -0.338 e. The summed E-state index contributed by atoms with van der Waals surface area (Å²) in [4.78, 5) is 9.67. The van der Waals surface area contributed by atoms with Crippen LogP contribution < -0.4 is 0 Å². The van der Waals surface area contributed by atoms with Crippen molar-refractivity contribution < 1.29 is 8.78 Å². The van der Waals surface area contributed by atoms with Crippen LogP contribution in [0.15, 0.2) is 72.8 Å².